The summed E-state index contributed by atoms with van der Waals surface area (Å²) in [7, 11) is 1.63. The Kier molecular flexibility index (Phi) is 8.49. The van der Waals surface area contributed by atoms with Gasteiger partial charge in [-0.05, 0) is 36.9 Å². The average molecular weight is 299 g/mol. The van der Waals surface area contributed by atoms with Gasteiger partial charge in [0.25, 0.3) is 0 Å². The van der Waals surface area contributed by atoms with Gasteiger partial charge in [0.05, 0.1) is 7.11 Å². The van der Waals surface area contributed by atoms with Gasteiger partial charge in [0, 0.05) is 18.3 Å². The Morgan fingerprint density at radius 3 is 2.50 bits per heavy atom. The molecule has 0 aliphatic carbocycles. The van der Waals surface area contributed by atoms with Crippen LogP contribution in [0.2, 0.25) is 0 Å². The van der Waals surface area contributed by atoms with Gasteiger partial charge in [0.2, 0.25) is 0 Å². The SMILES string of the molecule is CCSCC(C)NCC(O)COc1ccc(OC)cc1. The standard InChI is InChI=1S/C15H25NO3S/c1-4-20-11-12(2)16-9-13(17)10-19-15-7-5-14(18-3)6-8-15/h5-8,12-13,16-17H,4,9-11H2,1-3H3. The molecule has 0 saturated carbocycles. The zero-order valence-electron chi connectivity index (χ0n) is 12.5. The van der Waals surface area contributed by atoms with E-state index in [-0.39, 0.29) is 6.61 Å². The molecule has 0 saturated heterocycles. The smallest absolute Gasteiger partial charge is 0.119 e. The first-order valence-electron chi connectivity index (χ1n) is 6.91. The second-order valence-electron chi connectivity index (χ2n) is 4.61. The van der Waals surface area contributed by atoms with Crippen LogP contribution in [0.3, 0.4) is 0 Å². The van der Waals surface area contributed by atoms with Crippen LogP contribution in [0.25, 0.3) is 0 Å². The van der Waals surface area contributed by atoms with E-state index in [1.165, 1.54) is 0 Å². The molecule has 1 aromatic carbocycles. The van der Waals surface area contributed by atoms with Crippen LogP contribution in [0.4, 0.5) is 0 Å². The van der Waals surface area contributed by atoms with E-state index in [2.05, 4.69) is 19.2 Å². The van der Waals surface area contributed by atoms with E-state index < -0.39 is 6.10 Å². The van der Waals surface area contributed by atoms with Crippen molar-refractivity contribution in [3.63, 3.8) is 0 Å². The minimum absolute atomic E-state index is 0.285. The lowest BCUT2D eigenvalue weighted by Gasteiger charge is -2.17. The van der Waals surface area contributed by atoms with Gasteiger partial charge in [0.1, 0.15) is 24.2 Å². The fraction of sp³-hybridized carbons (Fsp3) is 0.600. The van der Waals surface area contributed by atoms with Gasteiger partial charge in [-0.1, -0.05) is 6.92 Å². The summed E-state index contributed by atoms with van der Waals surface area (Å²) >= 11 is 1.89. The summed E-state index contributed by atoms with van der Waals surface area (Å²) in [5.41, 5.74) is 0. The van der Waals surface area contributed by atoms with Crippen LogP contribution in [0.5, 0.6) is 11.5 Å². The second kappa shape index (κ2) is 9.91. The molecule has 1 aromatic rings. The number of nitrogens with one attached hydrogen (secondary N) is 1. The fourth-order valence-corrected chi connectivity index (χ4v) is 2.32. The molecule has 0 heterocycles. The number of methoxy groups -OCH3 is 1. The van der Waals surface area contributed by atoms with E-state index in [9.17, 15) is 5.11 Å². The Balaban J connectivity index is 2.20. The molecule has 2 atom stereocenters. The molecule has 0 amide bonds. The lowest BCUT2D eigenvalue weighted by Crippen LogP contribution is -2.37. The summed E-state index contributed by atoms with van der Waals surface area (Å²) in [4.78, 5) is 0. The van der Waals surface area contributed by atoms with Gasteiger partial charge < -0.3 is 19.9 Å². The maximum Gasteiger partial charge on any atom is 0.119 e. The first kappa shape index (κ1) is 17.1. The van der Waals surface area contributed by atoms with Crippen LogP contribution >= 0.6 is 11.8 Å². The predicted molar refractivity (Wildman–Crippen MR) is 85.0 cm³/mol. The number of aliphatic hydroxyl groups excluding tert-OH is 1. The maximum atomic E-state index is 9.87. The minimum Gasteiger partial charge on any atom is -0.497 e. The van der Waals surface area contributed by atoms with Gasteiger partial charge in [-0.3, -0.25) is 0 Å². The molecule has 0 aliphatic heterocycles. The third-order valence-corrected chi connectivity index (χ3v) is 3.92. The molecule has 5 heteroatoms. The highest BCUT2D eigenvalue weighted by atomic mass is 32.2. The van der Waals surface area contributed by atoms with Crippen LogP contribution in [0.1, 0.15) is 13.8 Å². The van der Waals surface area contributed by atoms with Crippen molar-refractivity contribution in [3.05, 3.63) is 24.3 Å². The number of rotatable bonds is 10. The van der Waals surface area contributed by atoms with Crippen LogP contribution in [0.15, 0.2) is 24.3 Å². The molecule has 2 N–H and O–H groups in total. The Morgan fingerprint density at radius 2 is 1.90 bits per heavy atom. The number of ether oxygens (including phenoxy) is 2. The highest BCUT2D eigenvalue weighted by Gasteiger charge is 2.08. The second-order valence-corrected chi connectivity index (χ2v) is 5.93. The molecular formula is C15H25NO3S. The van der Waals surface area contributed by atoms with E-state index in [1.54, 1.807) is 7.11 Å². The van der Waals surface area contributed by atoms with E-state index >= 15 is 0 Å². The highest BCUT2D eigenvalue weighted by molar-refractivity contribution is 7.99. The minimum atomic E-state index is -0.508. The van der Waals surface area contributed by atoms with Gasteiger partial charge >= 0.3 is 0 Å². The van der Waals surface area contributed by atoms with E-state index in [1.807, 2.05) is 36.0 Å². The molecule has 0 spiro atoms. The summed E-state index contributed by atoms with van der Waals surface area (Å²) in [6.07, 6.45) is -0.508. The van der Waals surface area contributed by atoms with E-state index in [0.717, 1.165) is 23.0 Å². The number of hydrogen-bond acceptors (Lipinski definition) is 5. The molecule has 114 valence electrons. The molecule has 0 fully saturated rings. The zero-order chi connectivity index (χ0) is 14.8. The number of benzene rings is 1. The summed E-state index contributed by atoms with van der Waals surface area (Å²) < 4.78 is 10.6. The monoisotopic (exact) mass is 299 g/mol. The molecule has 20 heavy (non-hydrogen) atoms. The number of hydrogen-bond donors (Lipinski definition) is 2. The largest absolute Gasteiger partial charge is 0.497 e. The molecule has 0 aromatic heterocycles. The van der Waals surface area contributed by atoms with Crippen LogP contribution in [0, 0.1) is 0 Å². The summed E-state index contributed by atoms with van der Waals surface area (Å²) in [6.45, 7) is 5.10. The topological polar surface area (TPSA) is 50.7 Å². The van der Waals surface area contributed by atoms with Crippen molar-refractivity contribution in [2.75, 3.05) is 31.8 Å². The number of thioether (sulfide) groups is 1. The van der Waals surface area contributed by atoms with Crippen molar-refractivity contribution in [3.8, 4) is 11.5 Å². The predicted octanol–water partition coefficient (Wildman–Crippen LogP) is 2.17. The normalized spacial score (nSPS) is 13.8. The first-order chi connectivity index (χ1) is 9.65. The Hall–Kier alpha value is -0.910. The molecule has 4 nitrogen and oxygen atoms in total. The van der Waals surface area contributed by atoms with E-state index in [0.29, 0.717) is 12.6 Å². The average Bonchev–Trinajstić information content (AvgIpc) is 2.49. The third-order valence-electron chi connectivity index (χ3n) is 2.78. The van der Waals surface area contributed by atoms with Gasteiger partial charge in [0.15, 0.2) is 0 Å². The summed E-state index contributed by atoms with van der Waals surface area (Å²) in [5, 5.41) is 13.2. The highest BCUT2D eigenvalue weighted by Crippen LogP contribution is 2.17. The third kappa shape index (κ3) is 7.03. The molecule has 0 aliphatic rings. The van der Waals surface area contributed by atoms with Crippen molar-refractivity contribution < 1.29 is 14.6 Å². The van der Waals surface area contributed by atoms with Crippen LogP contribution < -0.4 is 14.8 Å². The zero-order valence-corrected chi connectivity index (χ0v) is 13.3. The molecule has 1 rings (SSSR count). The maximum absolute atomic E-state index is 9.87. The van der Waals surface area contributed by atoms with Crippen molar-refractivity contribution >= 4 is 11.8 Å². The van der Waals surface area contributed by atoms with Gasteiger partial charge in [-0.25, -0.2) is 0 Å². The molecule has 0 bridgehead atoms. The van der Waals surface area contributed by atoms with Crippen LogP contribution in [-0.4, -0.2) is 49.0 Å². The Morgan fingerprint density at radius 1 is 1.25 bits per heavy atom. The van der Waals surface area contributed by atoms with Crippen LogP contribution in [-0.2, 0) is 0 Å². The lowest BCUT2D eigenvalue weighted by atomic mass is 10.3. The summed E-state index contributed by atoms with van der Waals surface area (Å²) in [6, 6.07) is 7.74. The van der Waals surface area contributed by atoms with Crippen molar-refractivity contribution in [1.82, 2.24) is 5.32 Å². The molecule has 0 radical (unpaired) electrons. The van der Waals surface area contributed by atoms with E-state index in [4.69, 9.17) is 9.47 Å². The fourth-order valence-electron chi connectivity index (χ4n) is 1.61. The molecular weight excluding hydrogens is 274 g/mol. The van der Waals surface area contributed by atoms with Crippen molar-refractivity contribution in [2.24, 2.45) is 0 Å². The quantitative estimate of drug-likeness (QED) is 0.693. The van der Waals surface area contributed by atoms with Crippen molar-refractivity contribution in [2.45, 2.75) is 26.0 Å². The number of aliphatic hydroxyl groups is 1. The van der Waals surface area contributed by atoms with Gasteiger partial charge in [-0.15, -0.1) is 0 Å². The van der Waals surface area contributed by atoms with Crippen molar-refractivity contribution in [1.29, 1.82) is 0 Å². The Labute approximate surface area is 125 Å². The summed E-state index contributed by atoms with van der Waals surface area (Å²) in [5.74, 6) is 3.71. The molecule has 2 unspecified atom stereocenters. The Bertz CT molecular complexity index is 359. The first-order valence-corrected chi connectivity index (χ1v) is 8.07. The van der Waals surface area contributed by atoms with Gasteiger partial charge in [-0.2, -0.15) is 11.8 Å². The lowest BCUT2D eigenvalue weighted by molar-refractivity contribution is 0.105.